The molecule has 1 heterocycles. The lowest BCUT2D eigenvalue weighted by Gasteiger charge is -2.36. The second-order valence-corrected chi connectivity index (χ2v) is 3.47. The van der Waals surface area contributed by atoms with Crippen molar-refractivity contribution >= 4 is 11.6 Å². The molecule has 0 aliphatic carbocycles. The number of hydrogen-bond donors (Lipinski definition) is 2. The van der Waals surface area contributed by atoms with Crippen LogP contribution in [0.3, 0.4) is 0 Å². The van der Waals surface area contributed by atoms with Crippen LogP contribution in [0.4, 0.5) is 0 Å². The summed E-state index contributed by atoms with van der Waals surface area (Å²) in [6, 6.07) is 0. The summed E-state index contributed by atoms with van der Waals surface area (Å²) >= 11 is 5.53. The summed E-state index contributed by atoms with van der Waals surface area (Å²) in [7, 11) is 0. The molecule has 0 unspecified atom stereocenters. The van der Waals surface area contributed by atoms with Gasteiger partial charge in [0.2, 0.25) is 0 Å². The normalized spacial score (nSPS) is 45.8. The van der Waals surface area contributed by atoms with E-state index in [0.717, 1.165) is 0 Å². The zero-order valence-corrected chi connectivity index (χ0v) is 7.21. The van der Waals surface area contributed by atoms with Crippen LogP contribution in [0, 0.1) is 0 Å². The van der Waals surface area contributed by atoms with Gasteiger partial charge >= 0.3 is 0 Å². The van der Waals surface area contributed by atoms with Gasteiger partial charge in [-0.1, -0.05) is 0 Å². The van der Waals surface area contributed by atoms with Crippen molar-refractivity contribution in [2.75, 3.05) is 5.88 Å². The van der Waals surface area contributed by atoms with E-state index in [1.54, 1.807) is 0 Å². The first-order valence-corrected chi connectivity index (χ1v) is 4.21. The lowest BCUT2D eigenvalue weighted by molar-refractivity contribution is -0.256. The van der Waals surface area contributed by atoms with E-state index in [2.05, 4.69) is 0 Å². The second kappa shape index (κ2) is 3.27. The summed E-state index contributed by atoms with van der Waals surface area (Å²) in [6.45, 7) is 1.54. The average molecular weight is 181 g/mol. The lowest BCUT2D eigenvalue weighted by Crippen LogP contribution is -2.44. The van der Waals surface area contributed by atoms with E-state index in [1.807, 2.05) is 0 Å². The molecule has 0 radical (unpaired) electrons. The van der Waals surface area contributed by atoms with Crippen molar-refractivity contribution in [2.45, 2.75) is 37.8 Å². The summed E-state index contributed by atoms with van der Waals surface area (Å²) in [6.07, 6.45) is 0.0537. The molecule has 0 spiro atoms. The number of halogens is 1. The highest BCUT2D eigenvalue weighted by atomic mass is 35.5. The van der Waals surface area contributed by atoms with Crippen LogP contribution in [0.2, 0.25) is 0 Å². The Morgan fingerprint density at radius 2 is 2.36 bits per heavy atom. The van der Waals surface area contributed by atoms with Crippen molar-refractivity contribution < 1.29 is 14.9 Å². The Morgan fingerprint density at radius 1 is 1.73 bits per heavy atom. The third-order valence-corrected chi connectivity index (χ3v) is 2.09. The zero-order chi connectivity index (χ0) is 8.48. The molecule has 3 atom stereocenters. The predicted molar refractivity (Wildman–Crippen MR) is 41.5 cm³/mol. The standard InChI is InChI=1S/C7H13ClO3/c1-7(10)3-5(9)2-6(4-8)11-7/h5-6,9-10H,2-4H2,1H3/t5-,6+,7-/m1/s1. The molecule has 0 aromatic heterocycles. The number of hydrogen-bond acceptors (Lipinski definition) is 3. The van der Waals surface area contributed by atoms with Crippen molar-refractivity contribution in [1.82, 2.24) is 0 Å². The second-order valence-electron chi connectivity index (χ2n) is 3.16. The summed E-state index contributed by atoms with van der Waals surface area (Å²) in [5, 5.41) is 18.7. The highest BCUT2D eigenvalue weighted by Gasteiger charge is 2.35. The Hall–Kier alpha value is 0.170. The van der Waals surface area contributed by atoms with E-state index in [0.29, 0.717) is 12.3 Å². The van der Waals surface area contributed by atoms with Crippen molar-refractivity contribution in [1.29, 1.82) is 0 Å². The highest BCUT2D eigenvalue weighted by molar-refractivity contribution is 6.18. The quantitative estimate of drug-likeness (QED) is 0.577. The Kier molecular flexibility index (Phi) is 2.75. The molecular formula is C7H13ClO3. The number of alkyl halides is 1. The van der Waals surface area contributed by atoms with Crippen molar-refractivity contribution in [3.05, 3.63) is 0 Å². The topological polar surface area (TPSA) is 49.7 Å². The van der Waals surface area contributed by atoms with Gasteiger partial charge in [-0.2, -0.15) is 0 Å². The molecule has 0 amide bonds. The molecule has 1 aliphatic rings. The molecule has 1 rings (SSSR count). The molecule has 0 aromatic carbocycles. The first kappa shape index (κ1) is 9.26. The maximum atomic E-state index is 9.41. The minimum atomic E-state index is -1.21. The van der Waals surface area contributed by atoms with Gasteiger partial charge in [-0.3, -0.25) is 0 Å². The number of ether oxygens (including phenoxy) is 1. The van der Waals surface area contributed by atoms with E-state index in [-0.39, 0.29) is 12.5 Å². The zero-order valence-electron chi connectivity index (χ0n) is 6.46. The van der Waals surface area contributed by atoms with E-state index in [1.165, 1.54) is 6.92 Å². The highest BCUT2D eigenvalue weighted by Crippen LogP contribution is 2.26. The molecule has 66 valence electrons. The summed E-state index contributed by atoms with van der Waals surface area (Å²) in [5.74, 6) is -0.898. The number of aliphatic hydroxyl groups is 2. The number of rotatable bonds is 1. The van der Waals surface area contributed by atoms with Crippen LogP contribution < -0.4 is 0 Å². The maximum absolute atomic E-state index is 9.41. The molecule has 0 aromatic rings. The Labute approximate surface area is 70.9 Å². The number of aliphatic hydroxyl groups excluding tert-OH is 1. The third-order valence-electron chi connectivity index (χ3n) is 1.74. The molecule has 2 N–H and O–H groups in total. The first-order chi connectivity index (χ1) is 5.03. The van der Waals surface area contributed by atoms with Crippen LogP contribution in [-0.2, 0) is 4.74 Å². The molecule has 0 saturated carbocycles. The van der Waals surface area contributed by atoms with Gasteiger partial charge < -0.3 is 14.9 Å². The van der Waals surface area contributed by atoms with Crippen LogP contribution in [-0.4, -0.2) is 34.1 Å². The Morgan fingerprint density at radius 3 is 2.82 bits per heavy atom. The minimum absolute atomic E-state index is 0.226. The average Bonchev–Trinajstić information content (AvgIpc) is 1.83. The molecule has 0 bridgehead atoms. The lowest BCUT2D eigenvalue weighted by atomic mass is 10.0. The molecule has 4 heteroatoms. The van der Waals surface area contributed by atoms with Gasteiger partial charge in [0, 0.05) is 18.7 Å². The van der Waals surface area contributed by atoms with Gasteiger partial charge in [-0.25, -0.2) is 0 Å². The largest absolute Gasteiger partial charge is 0.393 e. The molecular weight excluding hydrogens is 168 g/mol. The first-order valence-electron chi connectivity index (χ1n) is 3.68. The summed E-state index contributed by atoms with van der Waals surface area (Å²) < 4.78 is 5.16. The van der Waals surface area contributed by atoms with Crippen LogP contribution in [0.25, 0.3) is 0 Å². The minimum Gasteiger partial charge on any atom is -0.393 e. The predicted octanol–water partition coefficient (Wildman–Crippen LogP) is 0.474. The smallest absolute Gasteiger partial charge is 0.165 e. The monoisotopic (exact) mass is 180 g/mol. The molecule has 3 nitrogen and oxygen atoms in total. The van der Waals surface area contributed by atoms with Gasteiger partial charge in [0.15, 0.2) is 5.79 Å². The fraction of sp³-hybridized carbons (Fsp3) is 1.00. The van der Waals surface area contributed by atoms with Crippen molar-refractivity contribution in [3.8, 4) is 0 Å². The van der Waals surface area contributed by atoms with Crippen LogP contribution in [0.5, 0.6) is 0 Å². The Bertz CT molecular complexity index is 138. The van der Waals surface area contributed by atoms with Crippen LogP contribution >= 0.6 is 11.6 Å². The van der Waals surface area contributed by atoms with Gasteiger partial charge in [-0.05, 0) is 6.92 Å². The van der Waals surface area contributed by atoms with E-state index < -0.39 is 11.9 Å². The SMILES string of the molecule is C[C@]1(O)C[C@H](O)C[C@@H](CCl)O1. The summed E-state index contributed by atoms with van der Waals surface area (Å²) in [4.78, 5) is 0. The van der Waals surface area contributed by atoms with Gasteiger partial charge in [0.05, 0.1) is 12.2 Å². The van der Waals surface area contributed by atoms with E-state index >= 15 is 0 Å². The molecule has 1 aliphatic heterocycles. The van der Waals surface area contributed by atoms with Gasteiger partial charge in [0.1, 0.15) is 0 Å². The summed E-state index contributed by atoms with van der Waals surface area (Å²) in [5.41, 5.74) is 0. The molecule has 1 fully saturated rings. The van der Waals surface area contributed by atoms with Gasteiger partial charge in [-0.15, -0.1) is 11.6 Å². The fourth-order valence-corrected chi connectivity index (χ4v) is 1.56. The van der Waals surface area contributed by atoms with E-state index in [9.17, 15) is 10.2 Å². The molecule has 1 saturated heterocycles. The van der Waals surface area contributed by atoms with Crippen molar-refractivity contribution in [2.24, 2.45) is 0 Å². The van der Waals surface area contributed by atoms with Crippen LogP contribution in [0.15, 0.2) is 0 Å². The maximum Gasteiger partial charge on any atom is 0.165 e. The fourth-order valence-electron chi connectivity index (χ4n) is 1.37. The third kappa shape index (κ3) is 2.60. The van der Waals surface area contributed by atoms with Gasteiger partial charge in [0.25, 0.3) is 0 Å². The Balaban J connectivity index is 2.51. The molecule has 11 heavy (non-hydrogen) atoms. The van der Waals surface area contributed by atoms with Crippen molar-refractivity contribution in [3.63, 3.8) is 0 Å². The van der Waals surface area contributed by atoms with Crippen LogP contribution in [0.1, 0.15) is 19.8 Å². The van der Waals surface area contributed by atoms with E-state index in [4.69, 9.17) is 16.3 Å².